The van der Waals surface area contributed by atoms with Crippen LogP contribution in [0.4, 0.5) is 5.69 Å². The third-order valence-corrected chi connectivity index (χ3v) is 4.00. The van der Waals surface area contributed by atoms with Crippen molar-refractivity contribution >= 4 is 17.4 Å². The Morgan fingerprint density at radius 3 is 2.12 bits per heavy atom. The lowest BCUT2D eigenvalue weighted by atomic mass is 10.1. The van der Waals surface area contributed by atoms with Gasteiger partial charge in [-0.2, -0.15) is 4.57 Å². The predicted molar refractivity (Wildman–Crippen MR) is 96.5 cm³/mol. The molecule has 0 radical (unpaired) electrons. The van der Waals surface area contributed by atoms with E-state index >= 15 is 0 Å². The number of benzene rings is 2. The summed E-state index contributed by atoms with van der Waals surface area (Å²) in [6, 6.07) is 21.5. The molecule has 1 N–H and O–H groups in total. The van der Waals surface area contributed by atoms with Crippen LogP contribution in [0.5, 0.6) is 0 Å². The Bertz CT molecular complexity index is 877. The number of carbonyl (C=O) groups is 2. The van der Waals surface area contributed by atoms with Crippen molar-refractivity contribution in [1.82, 2.24) is 0 Å². The first-order valence-corrected chi connectivity index (χ1v) is 8.11. The van der Waals surface area contributed by atoms with Gasteiger partial charge in [-0.1, -0.05) is 48.5 Å². The monoisotopic (exact) mass is 331 g/mol. The average Bonchev–Trinajstić information content (AvgIpc) is 2.68. The highest BCUT2D eigenvalue weighted by molar-refractivity contribution is 6.04. The van der Waals surface area contributed by atoms with Crippen LogP contribution in [0.25, 0.3) is 0 Å². The molecule has 1 atom stereocenters. The first kappa shape index (κ1) is 16.6. The smallest absolute Gasteiger partial charge is 0.261 e. The van der Waals surface area contributed by atoms with Gasteiger partial charge in [-0.05, 0) is 18.2 Å². The van der Waals surface area contributed by atoms with Crippen molar-refractivity contribution in [2.45, 2.75) is 13.0 Å². The van der Waals surface area contributed by atoms with Gasteiger partial charge in [0, 0.05) is 24.2 Å². The van der Waals surface area contributed by atoms with Crippen molar-refractivity contribution in [1.29, 1.82) is 0 Å². The molecular formula is C21H19N2O2+. The average molecular weight is 331 g/mol. The molecule has 0 bridgehead atoms. The minimum absolute atomic E-state index is 0.00576. The van der Waals surface area contributed by atoms with Gasteiger partial charge in [0.2, 0.25) is 11.8 Å². The Balaban J connectivity index is 1.79. The van der Waals surface area contributed by atoms with E-state index in [1.807, 2.05) is 55.5 Å². The summed E-state index contributed by atoms with van der Waals surface area (Å²) in [4.78, 5) is 25.0. The number of ketones is 1. The molecule has 0 aliphatic carbocycles. The molecule has 3 aromatic rings. The Labute approximate surface area is 146 Å². The van der Waals surface area contributed by atoms with Crippen molar-refractivity contribution in [2.75, 3.05) is 5.32 Å². The molecule has 0 spiro atoms. The van der Waals surface area contributed by atoms with Crippen molar-refractivity contribution in [2.24, 2.45) is 0 Å². The van der Waals surface area contributed by atoms with E-state index < -0.39 is 6.04 Å². The number of hydrogen-bond donors (Lipinski definition) is 1. The number of pyridine rings is 1. The van der Waals surface area contributed by atoms with E-state index in [9.17, 15) is 9.59 Å². The summed E-state index contributed by atoms with van der Waals surface area (Å²) >= 11 is 0. The van der Waals surface area contributed by atoms with Gasteiger partial charge >= 0.3 is 0 Å². The molecule has 25 heavy (non-hydrogen) atoms. The highest BCUT2D eigenvalue weighted by Gasteiger charge is 2.24. The summed E-state index contributed by atoms with van der Waals surface area (Å²) in [6.07, 6.45) is 3.49. The van der Waals surface area contributed by atoms with E-state index in [4.69, 9.17) is 0 Å². The first-order chi connectivity index (χ1) is 12.1. The lowest BCUT2D eigenvalue weighted by molar-refractivity contribution is -0.704. The van der Waals surface area contributed by atoms with Crippen molar-refractivity contribution in [3.63, 3.8) is 0 Å². The molecule has 0 saturated carbocycles. The maximum Gasteiger partial charge on any atom is 0.261 e. The topological polar surface area (TPSA) is 50.0 Å². The molecule has 4 heteroatoms. The van der Waals surface area contributed by atoms with E-state index in [-0.39, 0.29) is 11.7 Å². The Kier molecular flexibility index (Phi) is 5.00. The highest BCUT2D eigenvalue weighted by atomic mass is 16.1. The van der Waals surface area contributed by atoms with Crippen LogP contribution in [0.3, 0.4) is 0 Å². The molecule has 0 aliphatic rings. The predicted octanol–water partition coefficient (Wildman–Crippen LogP) is 3.67. The van der Waals surface area contributed by atoms with Crippen molar-refractivity contribution in [3.05, 3.63) is 96.3 Å². The van der Waals surface area contributed by atoms with Crippen LogP contribution < -0.4 is 9.88 Å². The van der Waals surface area contributed by atoms with Gasteiger partial charge in [0.15, 0.2) is 12.4 Å². The maximum absolute atomic E-state index is 12.6. The zero-order chi connectivity index (χ0) is 17.6. The number of amides is 1. The largest absolute Gasteiger partial charge is 0.322 e. The van der Waals surface area contributed by atoms with Crippen LogP contribution in [0.15, 0.2) is 85.2 Å². The van der Waals surface area contributed by atoms with Crippen molar-refractivity contribution in [3.8, 4) is 0 Å². The number of para-hydroxylation sites is 1. The fourth-order valence-corrected chi connectivity index (χ4v) is 2.57. The number of aromatic nitrogens is 1. The Morgan fingerprint density at radius 2 is 1.44 bits per heavy atom. The molecule has 2 aromatic carbocycles. The molecule has 0 fully saturated rings. The third kappa shape index (κ3) is 3.98. The van der Waals surface area contributed by atoms with Gasteiger partial charge in [-0.3, -0.25) is 9.59 Å². The van der Waals surface area contributed by atoms with E-state index in [0.717, 1.165) is 5.69 Å². The summed E-state index contributed by atoms with van der Waals surface area (Å²) in [5, 5.41) is 2.85. The van der Waals surface area contributed by atoms with Gasteiger partial charge in [-0.25, -0.2) is 0 Å². The van der Waals surface area contributed by atoms with Gasteiger partial charge < -0.3 is 5.32 Å². The number of carbonyl (C=O) groups excluding carboxylic acids is 2. The van der Waals surface area contributed by atoms with Crippen molar-refractivity contribution < 1.29 is 14.2 Å². The summed E-state index contributed by atoms with van der Waals surface area (Å²) in [7, 11) is 0. The fraction of sp³-hybridized carbons (Fsp3) is 0.0952. The SMILES string of the molecule is CC(C(=O)c1ccccc1)[n+]1cccc(C(=O)Nc2ccccc2)c1. The van der Waals surface area contributed by atoms with Crippen LogP contribution in [0.1, 0.15) is 33.7 Å². The van der Waals surface area contributed by atoms with E-state index in [1.54, 1.807) is 41.2 Å². The summed E-state index contributed by atoms with van der Waals surface area (Å²) in [6.45, 7) is 1.83. The Morgan fingerprint density at radius 1 is 0.840 bits per heavy atom. The molecule has 0 saturated heterocycles. The molecular weight excluding hydrogens is 312 g/mol. The lowest BCUT2D eigenvalue weighted by Gasteiger charge is -2.08. The standard InChI is InChI=1S/C21H18N2O2/c1-16(20(24)17-9-4-2-5-10-17)23-14-8-11-18(15-23)21(25)22-19-12-6-3-7-13-19/h2-16H,1H3/p+1. The van der Waals surface area contributed by atoms with E-state index in [2.05, 4.69) is 5.32 Å². The molecule has 1 aromatic heterocycles. The number of hydrogen-bond acceptors (Lipinski definition) is 2. The zero-order valence-electron chi connectivity index (χ0n) is 13.9. The second kappa shape index (κ2) is 7.53. The van der Waals surface area contributed by atoms with Crippen LogP contribution in [-0.4, -0.2) is 11.7 Å². The van der Waals surface area contributed by atoms with Crippen LogP contribution in [-0.2, 0) is 0 Å². The van der Waals surface area contributed by atoms with Gasteiger partial charge in [0.1, 0.15) is 5.56 Å². The summed E-state index contributed by atoms with van der Waals surface area (Å²) in [5.74, 6) is -0.203. The fourth-order valence-electron chi connectivity index (χ4n) is 2.57. The van der Waals surface area contributed by atoms with Gasteiger partial charge in [-0.15, -0.1) is 0 Å². The van der Waals surface area contributed by atoms with E-state index in [1.165, 1.54) is 0 Å². The highest BCUT2D eigenvalue weighted by Crippen LogP contribution is 2.11. The number of nitrogens with zero attached hydrogens (tertiary/aromatic N) is 1. The van der Waals surface area contributed by atoms with Gasteiger partial charge in [0.25, 0.3) is 5.91 Å². The van der Waals surface area contributed by atoms with Crippen LogP contribution in [0.2, 0.25) is 0 Å². The molecule has 124 valence electrons. The normalized spacial score (nSPS) is 11.6. The second-order valence-electron chi connectivity index (χ2n) is 5.77. The molecule has 1 unspecified atom stereocenters. The molecule has 4 nitrogen and oxygen atoms in total. The molecule has 1 amide bonds. The number of rotatable bonds is 5. The second-order valence-corrected chi connectivity index (χ2v) is 5.77. The minimum atomic E-state index is -0.396. The van der Waals surface area contributed by atoms with Crippen LogP contribution >= 0.6 is 0 Å². The summed E-state index contributed by atoms with van der Waals surface area (Å²) < 4.78 is 1.76. The third-order valence-electron chi connectivity index (χ3n) is 4.00. The zero-order valence-corrected chi connectivity index (χ0v) is 13.9. The molecule has 0 aliphatic heterocycles. The first-order valence-electron chi connectivity index (χ1n) is 8.11. The number of anilines is 1. The molecule has 3 rings (SSSR count). The Hall–Kier alpha value is -3.27. The number of nitrogens with one attached hydrogen (secondary N) is 1. The minimum Gasteiger partial charge on any atom is -0.322 e. The lowest BCUT2D eigenvalue weighted by Crippen LogP contribution is -2.42. The molecule has 1 heterocycles. The quantitative estimate of drug-likeness (QED) is 0.573. The van der Waals surface area contributed by atoms with E-state index in [0.29, 0.717) is 11.1 Å². The summed E-state index contributed by atoms with van der Waals surface area (Å²) in [5.41, 5.74) is 1.89. The number of Topliss-reactive ketones (excluding diaryl/α,β-unsaturated/α-hetero) is 1. The maximum atomic E-state index is 12.6. The van der Waals surface area contributed by atoms with Gasteiger partial charge in [0.05, 0.1) is 0 Å². The van der Waals surface area contributed by atoms with Crippen LogP contribution in [0, 0.1) is 0 Å².